The molecular weight excluding hydrogens is 216 g/mol. The van der Waals surface area contributed by atoms with E-state index in [1.165, 1.54) is 5.56 Å². The second-order valence-corrected chi connectivity index (χ2v) is 4.13. The van der Waals surface area contributed by atoms with Gasteiger partial charge in [-0.25, -0.2) is 0 Å². The molecule has 0 radical (unpaired) electrons. The van der Waals surface area contributed by atoms with E-state index in [1.807, 2.05) is 30.3 Å². The molecule has 3 heteroatoms. The SMILES string of the molecule is CCOC(=O)[C@H](C)[C@H](O)CCc1ccccc1. The summed E-state index contributed by atoms with van der Waals surface area (Å²) in [6.45, 7) is 3.82. The van der Waals surface area contributed by atoms with Gasteiger partial charge < -0.3 is 9.84 Å². The molecular formula is C14H20O3. The Morgan fingerprint density at radius 2 is 2.00 bits per heavy atom. The molecule has 94 valence electrons. The number of hydrogen-bond acceptors (Lipinski definition) is 3. The van der Waals surface area contributed by atoms with Gasteiger partial charge in [-0.2, -0.15) is 0 Å². The van der Waals surface area contributed by atoms with Gasteiger partial charge in [0.25, 0.3) is 0 Å². The number of aliphatic hydroxyl groups is 1. The van der Waals surface area contributed by atoms with Gasteiger partial charge in [0.2, 0.25) is 0 Å². The summed E-state index contributed by atoms with van der Waals surface area (Å²) in [5.74, 6) is -0.785. The van der Waals surface area contributed by atoms with E-state index in [0.717, 1.165) is 6.42 Å². The number of benzene rings is 1. The lowest BCUT2D eigenvalue weighted by atomic mass is 9.98. The number of hydrogen-bond donors (Lipinski definition) is 1. The van der Waals surface area contributed by atoms with Gasteiger partial charge in [0, 0.05) is 0 Å². The summed E-state index contributed by atoms with van der Waals surface area (Å²) in [5.41, 5.74) is 1.17. The highest BCUT2D eigenvalue weighted by atomic mass is 16.5. The van der Waals surface area contributed by atoms with Gasteiger partial charge in [-0.1, -0.05) is 30.3 Å². The topological polar surface area (TPSA) is 46.5 Å². The van der Waals surface area contributed by atoms with Crippen molar-refractivity contribution in [3.8, 4) is 0 Å². The highest BCUT2D eigenvalue weighted by Gasteiger charge is 2.22. The van der Waals surface area contributed by atoms with Crippen molar-refractivity contribution >= 4 is 5.97 Å². The number of carbonyl (C=O) groups excluding carboxylic acids is 1. The van der Waals surface area contributed by atoms with Crippen molar-refractivity contribution < 1.29 is 14.6 Å². The van der Waals surface area contributed by atoms with Crippen molar-refractivity contribution in [3.05, 3.63) is 35.9 Å². The number of aryl methyl sites for hydroxylation is 1. The molecule has 0 amide bonds. The Bertz CT molecular complexity index is 335. The molecule has 0 aliphatic carbocycles. The Balaban J connectivity index is 2.39. The lowest BCUT2D eigenvalue weighted by Crippen LogP contribution is -2.27. The van der Waals surface area contributed by atoms with Gasteiger partial charge in [0.15, 0.2) is 0 Å². The molecule has 0 heterocycles. The van der Waals surface area contributed by atoms with Crippen molar-refractivity contribution in [3.63, 3.8) is 0 Å². The molecule has 0 aliphatic heterocycles. The molecule has 0 bridgehead atoms. The van der Waals surface area contributed by atoms with E-state index < -0.39 is 12.0 Å². The van der Waals surface area contributed by atoms with Crippen LogP contribution in [-0.4, -0.2) is 23.8 Å². The summed E-state index contributed by atoms with van der Waals surface area (Å²) in [5, 5.41) is 9.88. The number of aliphatic hydroxyl groups excluding tert-OH is 1. The van der Waals surface area contributed by atoms with Crippen LogP contribution in [-0.2, 0) is 16.0 Å². The summed E-state index contributed by atoms with van der Waals surface area (Å²) < 4.78 is 4.88. The van der Waals surface area contributed by atoms with Crippen LogP contribution in [0.15, 0.2) is 30.3 Å². The van der Waals surface area contributed by atoms with E-state index in [9.17, 15) is 9.90 Å². The Morgan fingerprint density at radius 1 is 1.35 bits per heavy atom. The van der Waals surface area contributed by atoms with Crippen LogP contribution in [0.5, 0.6) is 0 Å². The Hall–Kier alpha value is -1.35. The number of carbonyl (C=O) groups is 1. The first-order valence-electron chi connectivity index (χ1n) is 6.03. The Morgan fingerprint density at radius 3 is 2.59 bits per heavy atom. The Labute approximate surface area is 102 Å². The van der Waals surface area contributed by atoms with Crippen molar-refractivity contribution in [1.29, 1.82) is 0 Å². The number of esters is 1. The summed E-state index contributed by atoms with van der Waals surface area (Å²) in [4.78, 5) is 11.4. The minimum Gasteiger partial charge on any atom is -0.466 e. The fourth-order valence-corrected chi connectivity index (χ4v) is 1.64. The molecule has 0 aliphatic rings. The van der Waals surface area contributed by atoms with Crippen molar-refractivity contribution in [2.75, 3.05) is 6.61 Å². The van der Waals surface area contributed by atoms with Crippen LogP contribution in [0.25, 0.3) is 0 Å². The molecule has 0 saturated carbocycles. The van der Waals surface area contributed by atoms with E-state index in [1.54, 1.807) is 13.8 Å². The summed E-state index contributed by atoms with van der Waals surface area (Å²) >= 11 is 0. The summed E-state index contributed by atoms with van der Waals surface area (Å²) in [7, 11) is 0. The van der Waals surface area contributed by atoms with Crippen molar-refractivity contribution in [2.24, 2.45) is 5.92 Å². The fraction of sp³-hybridized carbons (Fsp3) is 0.500. The average Bonchev–Trinajstić information content (AvgIpc) is 2.36. The van der Waals surface area contributed by atoms with Crippen LogP contribution in [0.3, 0.4) is 0 Å². The molecule has 1 N–H and O–H groups in total. The second-order valence-electron chi connectivity index (χ2n) is 4.13. The first-order chi connectivity index (χ1) is 8.15. The van der Waals surface area contributed by atoms with Crippen LogP contribution in [0.2, 0.25) is 0 Å². The standard InChI is InChI=1S/C14H20O3/c1-3-17-14(16)11(2)13(15)10-9-12-7-5-4-6-8-12/h4-8,11,13,15H,3,9-10H2,1-2H3/t11-,13-/m1/s1. The quantitative estimate of drug-likeness (QED) is 0.770. The zero-order chi connectivity index (χ0) is 12.7. The maximum atomic E-state index is 11.4. The van der Waals surface area contributed by atoms with E-state index in [2.05, 4.69) is 0 Å². The molecule has 3 nitrogen and oxygen atoms in total. The van der Waals surface area contributed by atoms with Gasteiger partial charge in [-0.15, -0.1) is 0 Å². The van der Waals surface area contributed by atoms with Gasteiger partial charge in [0.05, 0.1) is 18.6 Å². The molecule has 0 aromatic heterocycles. The zero-order valence-electron chi connectivity index (χ0n) is 10.4. The van der Waals surface area contributed by atoms with E-state index in [0.29, 0.717) is 13.0 Å². The van der Waals surface area contributed by atoms with Crippen LogP contribution in [0, 0.1) is 5.92 Å². The molecule has 1 aromatic rings. The normalized spacial score (nSPS) is 14.1. The highest BCUT2D eigenvalue weighted by Crippen LogP contribution is 2.13. The maximum Gasteiger partial charge on any atom is 0.311 e. The zero-order valence-corrected chi connectivity index (χ0v) is 10.4. The summed E-state index contributed by atoms with van der Waals surface area (Å²) in [6, 6.07) is 9.93. The molecule has 0 saturated heterocycles. The molecule has 1 aromatic carbocycles. The monoisotopic (exact) mass is 236 g/mol. The number of rotatable bonds is 6. The third kappa shape index (κ3) is 4.57. The average molecular weight is 236 g/mol. The van der Waals surface area contributed by atoms with Gasteiger partial charge >= 0.3 is 5.97 Å². The van der Waals surface area contributed by atoms with Gasteiger partial charge in [-0.05, 0) is 32.3 Å². The third-order valence-corrected chi connectivity index (χ3v) is 2.81. The lowest BCUT2D eigenvalue weighted by Gasteiger charge is -2.17. The van der Waals surface area contributed by atoms with Crippen molar-refractivity contribution in [1.82, 2.24) is 0 Å². The lowest BCUT2D eigenvalue weighted by molar-refractivity contribution is -0.151. The molecule has 1 rings (SSSR count). The minimum atomic E-state index is -0.644. The van der Waals surface area contributed by atoms with Crippen LogP contribution < -0.4 is 0 Å². The van der Waals surface area contributed by atoms with E-state index in [-0.39, 0.29) is 5.97 Å². The highest BCUT2D eigenvalue weighted by molar-refractivity contribution is 5.72. The third-order valence-electron chi connectivity index (χ3n) is 2.81. The first-order valence-corrected chi connectivity index (χ1v) is 6.03. The Kier molecular flexibility index (Phi) is 5.70. The molecule has 0 spiro atoms. The molecule has 0 fully saturated rings. The minimum absolute atomic E-state index is 0.326. The largest absolute Gasteiger partial charge is 0.466 e. The first kappa shape index (κ1) is 13.7. The second kappa shape index (κ2) is 7.07. The van der Waals surface area contributed by atoms with Crippen LogP contribution >= 0.6 is 0 Å². The van der Waals surface area contributed by atoms with Gasteiger partial charge in [-0.3, -0.25) is 4.79 Å². The smallest absolute Gasteiger partial charge is 0.311 e. The predicted molar refractivity (Wildman–Crippen MR) is 66.6 cm³/mol. The van der Waals surface area contributed by atoms with Crippen molar-refractivity contribution in [2.45, 2.75) is 32.8 Å². The van der Waals surface area contributed by atoms with E-state index >= 15 is 0 Å². The predicted octanol–water partition coefficient (Wildman–Crippen LogP) is 2.18. The van der Waals surface area contributed by atoms with Crippen LogP contribution in [0.1, 0.15) is 25.8 Å². The maximum absolute atomic E-state index is 11.4. The molecule has 0 unspecified atom stereocenters. The van der Waals surface area contributed by atoms with E-state index in [4.69, 9.17) is 4.74 Å². The fourth-order valence-electron chi connectivity index (χ4n) is 1.64. The van der Waals surface area contributed by atoms with Crippen LogP contribution in [0.4, 0.5) is 0 Å². The summed E-state index contributed by atoms with van der Waals surface area (Å²) in [6.07, 6.45) is 0.699. The molecule has 2 atom stereocenters. The number of ether oxygens (including phenoxy) is 1. The molecule has 17 heavy (non-hydrogen) atoms. The van der Waals surface area contributed by atoms with Gasteiger partial charge in [0.1, 0.15) is 0 Å².